The number of nitrogens with zero attached hydrogens (tertiary/aromatic N) is 1. The van der Waals surface area contributed by atoms with E-state index in [0.29, 0.717) is 19.4 Å². The quantitative estimate of drug-likeness (QED) is 0.190. The van der Waals surface area contributed by atoms with Crippen LogP contribution in [0.3, 0.4) is 0 Å². The first kappa shape index (κ1) is 25.4. The second-order valence-electron chi connectivity index (χ2n) is 8.10. The molecule has 0 N–H and O–H groups in total. The van der Waals surface area contributed by atoms with Crippen LogP contribution in [0.15, 0.2) is 66.7 Å². The van der Waals surface area contributed by atoms with E-state index in [1.54, 1.807) is 0 Å². The highest BCUT2D eigenvalue weighted by molar-refractivity contribution is 7.53. The maximum absolute atomic E-state index is 12.6. The van der Waals surface area contributed by atoms with Crippen molar-refractivity contribution < 1.29 is 13.6 Å². The van der Waals surface area contributed by atoms with Gasteiger partial charge < -0.3 is 9.05 Å². The highest BCUT2D eigenvalue weighted by Gasteiger charge is 2.22. The van der Waals surface area contributed by atoms with Crippen molar-refractivity contribution in [2.45, 2.75) is 52.9 Å². The van der Waals surface area contributed by atoms with Gasteiger partial charge in [-0.15, -0.1) is 0 Å². The third-order valence-corrected chi connectivity index (χ3v) is 7.86. The minimum absolute atomic E-state index is 0.414. The second kappa shape index (κ2) is 12.8. The zero-order valence-corrected chi connectivity index (χ0v) is 21.0. The Bertz CT molecular complexity index is 1020. The summed E-state index contributed by atoms with van der Waals surface area (Å²) in [4.78, 5) is 5.06. The Hall–Kier alpha value is -2.26. The fourth-order valence-corrected chi connectivity index (χ4v) is 5.69. The van der Waals surface area contributed by atoms with Gasteiger partial charge in [0.15, 0.2) is 0 Å². The van der Waals surface area contributed by atoms with Gasteiger partial charge in [0.2, 0.25) is 0 Å². The Kier molecular flexibility index (Phi) is 9.87. The van der Waals surface area contributed by atoms with E-state index in [4.69, 9.17) is 14.0 Å². The predicted octanol–water partition coefficient (Wildman–Crippen LogP) is 7.96. The van der Waals surface area contributed by atoms with Crippen LogP contribution >= 0.6 is 7.60 Å². The topological polar surface area (TPSA) is 48.4 Å². The Morgan fingerprint density at radius 2 is 1.45 bits per heavy atom. The Morgan fingerprint density at radius 1 is 0.758 bits per heavy atom. The minimum atomic E-state index is -2.94. The number of pyridine rings is 1. The maximum atomic E-state index is 12.6. The molecular weight excluding hydrogens is 429 g/mol. The summed E-state index contributed by atoms with van der Waals surface area (Å²) < 4.78 is 23.4. The summed E-state index contributed by atoms with van der Waals surface area (Å²) in [5.74, 6) is 0. The highest BCUT2D eigenvalue weighted by Crippen LogP contribution is 2.48. The first-order valence-electron chi connectivity index (χ1n) is 12.1. The van der Waals surface area contributed by atoms with Crippen LogP contribution in [-0.2, 0) is 26.5 Å². The molecule has 4 nitrogen and oxygen atoms in total. The molecule has 0 radical (unpaired) electrons. The average Bonchev–Trinajstić information content (AvgIpc) is 2.85. The van der Waals surface area contributed by atoms with E-state index in [-0.39, 0.29) is 0 Å². The zero-order valence-electron chi connectivity index (χ0n) is 20.1. The van der Waals surface area contributed by atoms with Crippen LogP contribution in [0.5, 0.6) is 0 Å². The summed E-state index contributed by atoms with van der Waals surface area (Å²) in [6.07, 6.45) is 5.18. The molecule has 5 heteroatoms. The molecule has 0 atom stereocenters. The fourth-order valence-electron chi connectivity index (χ4n) is 3.96. The van der Waals surface area contributed by atoms with E-state index in [2.05, 4.69) is 67.6 Å². The van der Waals surface area contributed by atoms with Crippen molar-refractivity contribution >= 4 is 7.60 Å². The van der Waals surface area contributed by atoms with Gasteiger partial charge >= 0.3 is 7.60 Å². The third kappa shape index (κ3) is 7.37. The van der Waals surface area contributed by atoms with E-state index in [1.165, 1.54) is 11.1 Å². The summed E-state index contributed by atoms with van der Waals surface area (Å²) in [6, 6.07) is 23.5. The summed E-state index contributed by atoms with van der Waals surface area (Å²) >= 11 is 0. The largest absolute Gasteiger partial charge is 0.330 e. The SMILES string of the molecule is CCOP(=O)(CCCCCc1ccc(-c2ccc(CC)cc2)c(-c2ccccc2)n1)OCC. The van der Waals surface area contributed by atoms with Crippen molar-refractivity contribution in [3.63, 3.8) is 0 Å². The Labute approximate surface area is 198 Å². The summed E-state index contributed by atoms with van der Waals surface area (Å²) in [6.45, 7) is 6.70. The standard InChI is InChI=1S/C28H36NO3P/c1-4-23-16-18-24(19-17-23)27-21-20-26(29-28(27)25-13-9-7-10-14-25)15-11-8-12-22-33(30,31-5-2)32-6-3/h7,9-10,13-14,16-21H,4-6,8,11-12,15,22H2,1-3H3. The molecule has 1 heterocycles. The van der Waals surface area contributed by atoms with Crippen molar-refractivity contribution in [3.8, 4) is 22.4 Å². The monoisotopic (exact) mass is 465 g/mol. The fraction of sp³-hybridized carbons (Fsp3) is 0.393. The molecule has 3 rings (SSSR count). The third-order valence-electron chi connectivity index (χ3n) is 5.69. The molecule has 0 aliphatic carbocycles. The highest BCUT2D eigenvalue weighted by atomic mass is 31.2. The molecular formula is C28H36NO3P. The van der Waals surface area contributed by atoms with Crippen LogP contribution in [0.2, 0.25) is 0 Å². The smallest absolute Gasteiger partial charge is 0.309 e. The van der Waals surface area contributed by atoms with Crippen molar-refractivity contribution in [3.05, 3.63) is 78.0 Å². The van der Waals surface area contributed by atoms with E-state index >= 15 is 0 Å². The Morgan fingerprint density at radius 3 is 2.09 bits per heavy atom. The molecule has 33 heavy (non-hydrogen) atoms. The van der Waals surface area contributed by atoms with Gasteiger partial charge in [0.1, 0.15) is 0 Å². The molecule has 3 aromatic rings. The van der Waals surface area contributed by atoms with Crippen LogP contribution in [0.1, 0.15) is 51.3 Å². The molecule has 0 amide bonds. The van der Waals surface area contributed by atoms with E-state index in [9.17, 15) is 4.57 Å². The lowest BCUT2D eigenvalue weighted by Crippen LogP contribution is -2.01. The lowest BCUT2D eigenvalue weighted by Gasteiger charge is -2.16. The van der Waals surface area contributed by atoms with Crippen molar-refractivity contribution in [1.29, 1.82) is 0 Å². The van der Waals surface area contributed by atoms with Gasteiger partial charge in [-0.05, 0) is 56.7 Å². The molecule has 0 bridgehead atoms. The molecule has 0 unspecified atom stereocenters. The minimum Gasteiger partial charge on any atom is -0.309 e. The predicted molar refractivity (Wildman–Crippen MR) is 138 cm³/mol. The van der Waals surface area contributed by atoms with Crippen LogP contribution < -0.4 is 0 Å². The summed E-state index contributed by atoms with van der Waals surface area (Å²) in [5, 5.41) is 0. The summed E-state index contributed by atoms with van der Waals surface area (Å²) in [7, 11) is -2.94. The van der Waals surface area contributed by atoms with Gasteiger partial charge in [0, 0.05) is 16.8 Å². The normalized spacial score (nSPS) is 11.6. The number of benzene rings is 2. The number of rotatable bonds is 13. The molecule has 0 saturated heterocycles. The summed E-state index contributed by atoms with van der Waals surface area (Å²) in [5.41, 5.74) is 6.91. The number of hydrogen-bond donors (Lipinski definition) is 0. The van der Waals surface area contributed by atoms with Crippen molar-refractivity contribution in [2.75, 3.05) is 19.4 Å². The lowest BCUT2D eigenvalue weighted by atomic mass is 9.97. The first-order chi connectivity index (χ1) is 16.1. The molecule has 0 aliphatic rings. The molecule has 0 fully saturated rings. The van der Waals surface area contributed by atoms with Crippen molar-refractivity contribution in [2.24, 2.45) is 0 Å². The van der Waals surface area contributed by atoms with Gasteiger partial charge in [-0.1, -0.05) is 74.0 Å². The van der Waals surface area contributed by atoms with Crippen LogP contribution in [-0.4, -0.2) is 24.4 Å². The van der Waals surface area contributed by atoms with Crippen LogP contribution in [0.25, 0.3) is 22.4 Å². The van der Waals surface area contributed by atoms with Gasteiger partial charge in [0.25, 0.3) is 0 Å². The number of unbranched alkanes of at least 4 members (excludes halogenated alkanes) is 2. The number of aryl methyl sites for hydroxylation is 2. The van der Waals surface area contributed by atoms with Crippen LogP contribution in [0.4, 0.5) is 0 Å². The second-order valence-corrected chi connectivity index (χ2v) is 10.3. The zero-order chi connectivity index (χ0) is 23.5. The van der Waals surface area contributed by atoms with Gasteiger partial charge in [-0.25, -0.2) is 0 Å². The molecule has 0 saturated carbocycles. The first-order valence-corrected chi connectivity index (χ1v) is 13.8. The molecule has 2 aromatic carbocycles. The van der Waals surface area contributed by atoms with Gasteiger partial charge in [-0.3, -0.25) is 9.55 Å². The van der Waals surface area contributed by atoms with E-state index in [0.717, 1.165) is 54.6 Å². The Balaban J connectivity index is 1.70. The number of hydrogen-bond acceptors (Lipinski definition) is 4. The molecule has 0 aliphatic heterocycles. The molecule has 1 aromatic heterocycles. The maximum Gasteiger partial charge on any atom is 0.330 e. The number of aromatic nitrogens is 1. The van der Waals surface area contributed by atoms with Crippen molar-refractivity contribution in [1.82, 2.24) is 4.98 Å². The van der Waals surface area contributed by atoms with Crippen LogP contribution in [0, 0.1) is 0 Å². The molecule has 0 spiro atoms. The van der Waals surface area contributed by atoms with Gasteiger partial charge in [0.05, 0.1) is 25.1 Å². The molecule has 176 valence electrons. The lowest BCUT2D eigenvalue weighted by molar-refractivity contribution is 0.219. The van der Waals surface area contributed by atoms with E-state index in [1.807, 2.05) is 19.9 Å². The van der Waals surface area contributed by atoms with E-state index < -0.39 is 7.60 Å². The van der Waals surface area contributed by atoms with Gasteiger partial charge in [-0.2, -0.15) is 0 Å². The average molecular weight is 466 g/mol.